The van der Waals surface area contributed by atoms with Gasteiger partial charge in [-0.1, -0.05) is 12.1 Å². The molecule has 0 spiro atoms. The Morgan fingerprint density at radius 1 is 1.23 bits per heavy atom. The Morgan fingerprint density at radius 3 is 2.81 bits per heavy atom. The molecule has 0 fully saturated rings. The van der Waals surface area contributed by atoms with Gasteiger partial charge >= 0.3 is 0 Å². The van der Waals surface area contributed by atoms with Gasteiger partial charge in [0.05, 0.1) is 13.3 Å². The summed E-state index contributed by atoms with van der Waals surface area (Å²) < 4.78 is 20.9. The second-order valence-corrected chi connectivity index (χ2v) is 6.22. The summed E-state index contributed by atoms with van der Waals surface area (Å²) in [6, 6.07) is 6.85. The SMILES string of the molecule is COc1cccc(C2CCc3c(cnn(-c4ncccn4)c3=O)C2)c1F. The number of halogens is 1. The van der Waals surface area contributed by atoms with Crippen LogP contribution in [0.5, 0.6) is 5.75 Å². The van der Waals surface area contributed by atoms with Crippen molar-refractivity contribution in [2.24, 2.45) is 0 Å². The molecule has 26 heavy (non-hydrogen) atoms. The Hall–Kier alpha value is -3.09. The van der Waals surface area contributed by atoms with Crippen LogP contribution in [0.2, 0.25) is 0 Å². The minimum absolute atomic E-state index is 0.0115. The van der Waals surface area contributed by atoms with Crippen LogP contribution in [-0.2, 0) is 12.8 Å². The highest BCUT2D eigenvalue weighted by Gasteiger charge is 2.26. The van der Waals surface area contributed by atoms with Gasteiger partial charge in [0.25, 0.3) is 11.5 Å². The molecule has 1 atom stereocenters. The van der Waals surface area contributed by atoms with Crippen LogP contribution in [0.3, 0.4) is 0 Å². The highest BCUT2D eigenvalue weighted by atomic mass is 19.1. The molecule has 0 saturated carbocycles. The predicted octanol–water partition coefficient (Wildman–Crippen LogP) is 2.44. The lowest BCUT2D eigenvalue weighted by Gasteiger charge is -2.25. The van der Waals surface area contributed by atoms with Crippen LogP contribution < -0.4 is 10.3 Å². The van der Waals surface area contributed by atoms with E-state index in [9.17, 15) is 9.18 Å². The van der Waals surface area contributed by atoms with E-state index in [-0.39, 0.29) is 29.0 Å². The van der Waals surface area contributed by atoms with Gasteiger partial charge in [0.2, 0.25) is 0 Å². The summed E-state index contributed by atoms with van der Waals surface area (Å²) in [4.78, 5) is 20.9. The number of benzene rings is 1. The molecule has 0 N–H and O–H groups in total. The van der Waals surface area contributed by atoms with E-state index in [1.54, 1.807) is 42.9 Å². The number of fused-ring (bicyclic) bond motifs is 1. The van der Waals surface area contributed by atoms with Gasteiger partial charge in [-0.3, -0.25) is 4.79 Å². The fraction of sp³-hybridized carbons (Fsp3) is 0.263. The van der Waals surface area contributed by atoms with Crippen LogP contribution in [0.25, 0.3) is 5.95 Å². The molecule has 7 heteroatoms. The van der Waals surface area contributed by atoms with Gasteiger partial charge < -0.3 is 4.74 Å². The molecule has 1 aliphatic carbocycles. The van der Waals surface area contributed by atoms with Crippen LogP contribution in [0.4, 0.5) is 4.39 Å². The van der Waals surface area contributed by atoms with Gasteiger partial charge in [0.15, 0.2) is 11.6 Å². The van der Waals surface area contributed by atoms with Crippen molar-refractivity contribution in [1.82, 2.24) is 19.7 Å². The lowest BCUT2D eigenvalue weighted by molar-refractivity contribution is 0.380. The van der Waals surface area contributed by atoms with E-state index in [4.69, 9.17) is 4.74 Å². The fourth-order valence-electron chi connectivity index (χ4n) is 3.46. The van der Waals surface area contributed by atoms with Gasteiger partial charge in [-0.25, -0.2) is 14.4 Å². The quantitative estimate of drug-likeness (QED) is 0.724. The predicted molar refractivity (Wildman–Crippen MR) is 93.1 cm³/mol. The molecule has 6 nitrogen and oxygen atoms in total. The molecule has 0 bridgehead atoms. The topological polar surface area (TPSA) is 69.9 Å². The number of hydrogen-bond donors (Lipinski definition) is 0. The van der Waals surface area contributed by atoms with Crippen molar-refractivity contribution in [3.63, 3.8) is 0 Å². The third kappa shape index (κ3) is 2.75. The third-order valence-electron chi connectivity index (χ3n) is 4.77. The highest BCUT2D eigenvalue weighted by Crippen LogP contribution is 2.35. The normalized spacial score (nSPS) is 16.2. The first-order valence-electron chi connectivity index (χ1n) is 8.39. The van der Waals surface area contributed by atoms with Crippen LogP contribution in [0.1, 0.15) is 29.0 Å². The molecule has 1 unspecified atom stereocenters. The van der Waals surface area contributed by atoms with Crippen LogP contribution in [-0.4, -0.2) is 26.9 Å². The Kier molecular flexibility index (Phi) is 4.20. The smallest absolute Gasteiger partial charge is 0.277 e. The first-order chi connectivity index (χ1) is 12.7. The van der Waals surface area contributed by atoms with Crippen molar-refractivity contribution in [1.29, 1.82) is 0 Å². The van der Waals surface area contributed by atoms with Gasteiger partial charge in [0.1, 0.15) is 0 Å². The van der Waals surface area contributed by atoms with E-state index in [1.165, 1.54) is 11.8 Å². The van der Waals surface area contributed by atoms with Gasteiger partial charge in [-0.15, -0.1) is 0 Å². The molecule has 132 valence electrons. The first kappa shape index (κ1) is 16.4. The molecule has 2 heterocycles. The third-order valence-corrected chi connectivity index (χ3v) is 4.77. The van der Waals surface area contributed by atoms with Gasteiger partial charge in [-0.05, 0) is 48.4 Å². The Bertz CT molecular complexity index is 1000. The number of hydrogen-bond acceptors (Lipinski definition) is 5. The molecule has 1 aliphatic rings. The Balaban J connectivity index is 1.69. The number of nitrogens with zero attached hydrogens (tertiary/aromatic N) is 4. The van der Waals surface area contributed by atoms with Crippen molar-refractivity contribution in [2.75, 3.05) is 7.11 Å². The van der Waals surface area contributed by atoms with Crippen LogP contribution in [0.15, 0.2) is 47.7 Å². The Morgan fingerprint density at radius 2 is 2.04 bits per heavy atom. The summed E-state index contributed by atoms with van der Waals surface area (Å²) >= 11 is 0. The van der Waals surface area contributed by atoms with E-state index in [0.29, 0.717) is 30.4 Å². The molecule has 4 rings (SSSR count). The lowest BCUT2D eigenvalue weighted by Crippen LogP contribution is -2.30. The molecule has 0 radical (unpaired) electrons. The summed E-state index contributed by atoms with van der Waals surface area (Å²) in [7, 11) is 1.45. The summed E-state index contributed by atoms with van der Waals surface area (Å²) in [5.74, 6) is 0.148. The van der Waals surface area contributed by atoms with E-state index in [1.807, 2.05) is 0 Å². The second kappa shape index (κ2) is 6.67. The maximum atomic E-state index is 14.6. The van der Waals surface area contributed by atoms with Crippen LogP contribution in [0, 0.1) is 5.82 Å². The Labute approximate surface area is 149 Å². The summed E-state index contributed by atoms with van der Waals surface area (Å²) in [5, 5.41) is 4.21. The van der Waals surface area contributed by atoms with Crippen molar-refractivity contribution in [2.45, 2.75) is 25.2 Å². The zero-order valence-electron chi connectivity index (χ0n) is 14.2. The number of methoxy groups -OCH3 is 1. The van der Waals surface area contributed by atoms with Crippen molar-refractivity contribution in [3.05, 3.63) is 75.7 Å². The van der Waals surface area contributed by atoms with Gasteiger partial charge in [0, 0.05) is 18.0 Å². The van der Waals surface area contributed by atoms with E-state index >= 15 is 0 Å². The summed E-state index contributed by atoms with van der Waals surface area (Å²) in [6.45, 7) is 0. The molecule has 1 aromatic carbocycles. The minimum atomic E-state index is -0.331. The van der Waals surface area contributed by atoms with Crippen molar-refractivity contribution in [3.8, 4) is 11.7 Å². The average Bonchev–Trinajstić information content (AvgIpc) is 2.69. The molecule has 0 aliphatic heterocycles. The highest BCUT2D eigenvalue weighted by molar-refractivity contribution is 5.37. The zero-order chi connectivity index (χ0) is 18.1. The maximum absolute atomic E-state index is 14.6. The van der Waals surface area contributed by atoms with E-state index in [2.05, 4.69) is 15.1 Å². The largest absolute Gasteiger partial charge is 0.494 e. The fourth-order valence-corrected chi connectivity index (χ4v) is 3.46. The number of ether oxygens (including phenoxy) is 1. The van der Waals surface area contributed by atoms with E-state index < -0.39 is 0 Å². The van der Waals surface area contributed by atoms with Crippen LogP contribution >= 0.6 is 0 Å². The monoisotopic (exact) mass is 352 g/mol. The molecule has 3 aromatic rings. The van der Waals surface area contributed by atoms with Crippen molar-refractivity contribution >= 4 is 0 Å². The number of rotatable bonds is 3. The molecular formula is C19H17FN4O2. The van der Waals surface area contributed by atoms with E-state index in [0.717, 1.165) is 5.56 Å². The second-order valence-electron chi connectivity index (χ2n) is 6.22. The molecule has 0 saturated heterocycles. The minimum Gasteiger partial charge on any atom is -0.494 e. The lowest BCUT2D eigenvalue weighted by atomic mass is 9.81. The first-order valence-corrected chi connectivity index (χ1v) is 8.39. The average molecular weight is 352 g/mol. The van der Waals surface area contributed by atoms with Crippen molar-refractivity contribution < 1.29 is 9.13 Å². The summed E-state index contributed by atoms with van der Waals surface area (Å²) in [5.41, 5.74) is 1.96. The number of aromatic nitrogens is 4. The summed E-state index contributed by atoms with van der Waals surface area (Å²) in [6.07, 6.45) is 6.61. The molecule has 0 amide bonds. The zero-order valence-corrected chi connectivity index (χ0v) is 14.2. The van der Waals surface area contributed by atoms with Gasteiger partial charge in [-0.2, -0.15) is 9.78 Å². The standard InChI is InChI=1S/C19H17FN4O2/c1-26-16-5-2-4-14(17(16)20)12-6-7-15-13(10-12)11-23-24(18(15)25)19-21-8-3-9-22-19/h2-5,8-9,11-12H,6-7,10H2,1H3. The molecular weight excluding hydrogens is 335 g/mol. The maximum Gasteiger partial charge on any atom is 0.277 e. The molecule has 2 aromatic heterocycles.